The van der Waals surface area contributed by atoms with Crippen LogP contribution >= 0.6 is 0 Å². The zero-order valence-electron chi connectivity index (χ0n) is 8.44. The number of hydrogen-bond acceptors (Lipinski definition) is 4. The first-order chi connectivity index (χ1) is 6.90. The zero-order valence-corrected chi connectivity index (χ0v) is 8.44. The van der Waals surface area contributed by atoms with Gasteiger partial charge in [0.1, 0.15) is 12.2 Å². The third kappa shape index (κ3) is 2.10. The number of nitrogens with one attached hydrogen (secondary N) is 1. The fourth-order valence-electron chi connectivity index (χ4n) is 1.72. The van der Waals surface area contributed by atoms with Crippen LogP contribution in [-0.2, 0) is 17.8 Å². The lowest BCUT2D eigenvalue weighted by Crippen LogP contribution is -2.20. The van der Waals surface area contributed by atoms with Crippen molar-refractivity contribution in [1.29, 1.82) is 0 Å². The van der Waals surface area contributed by atoms with Gasteiger partial charge in [0, 0.05) is 6.61 Å². The van der Waals surface area contributed by atoms with E-state index in [0.717, 1.165) is 31.9 Å². The van der Waals surface area contributed by atoms with Crippen LogP contribution in [0.5, 0.6) is 0 Å². The smallest absolute Gasteiger partial charge is 0.140 e. The van der Waals surface area contributed by atoms with Gasteiger partial charge in [0.2, 0.25) is 0 Å². The Bertz CT molecular complexity index is 280. The third-order valence-electron chi connectivity index (χ3n) is 2.43. The molecule has 1 unspecified atom stereocenters. The second kappa shape index (κ2) is 4.52. The van der Waals surface area contributed by atoms with E-state index in [2.05, 4.69) is 15.4 Å². The quantitative estimate of drug-likeness (QED) is 0.746. The van der Waals surface area contributed by atoms with Gasteiger partial charge in [-0.25, -0.2) is 9.67 Å². The van der Waals surface area contributed by atoms with Crippen molar-refractivity contribution in [1.82, 2.24) is 20.1 Å². The van der Waals surface area contributed by atoms with Gasteiger partial charge in [-0.2, -0.15) is 5.10 Å². The van der Waals surface area contributed by atoms with Crippen LogP contribution in [0.1, 0.15) is 18.7 Å². The lowest BCUT2D eigenvalue weighted by atomic mass is 10.2. The fourth-order valence-corrected chi connectivity index (χ4v) is 1.72. The van der Waals surface area contributed by atoms with Crippen LogP contribution in [0.4, 0.5) is 0 Å². The van der Waals surface area contributed by atoms with Crippen molar-refractivity contribution in [3.63, 3.8) is 0 Å². The van der Waals surface area contributed by atoms with Crippen molar-refractivity contribution in [3.05, 3.63) is 12.2 Å². The lowest BCUT2D eigenvalue weighted by Gasteiger charge is -2.10. The minimum Gasteiger partial charge on any atom is -0.376 e. The van der Waals surface area contributed by atoms with E-state index in [1.54, 1.807) is 6.33 Å². The second-order valence-electron chi connectivity index (χ2n) is 3.52. The summed E-state index contributed by atoms with van der Waals surface area (Å²) in [6.45, 7) is 2.48. The van der Waals surface area contributed by atoms with Gasteiger partial charge in [0.25, 0.3) is 0 Å². The minimum atomic E-state index is 0.326. The Morgan fingerprint density at radius 3 is 3.36 bits per heavy atom. The van der Waals surface area contributed by atoms with Crippen molar-refractivity contribution in [2.24, 2.45) is 0 Å². The van der Waals surface area contributed by atoms with Crippen LogP contribution < -0.4 is 5.32 Å². The monoisotopic (exact) mass is 196 g/mol. The molecule has 14 heavy (non-hydrogen) atoms. The summed E-state index contributed by atoms with van der Waals surface area (Å²) in [4.78, 5) is 4.18. The SMILES string of the molecule is CNCc1ncnn1CC1CCCO1. The molecule has 78 valence electrons. The lowest BCUT2D eigenvalue weighted by molar-refractivity contribution is 0.0930. The maximum atomic E-state index is 5.55. The number of ether oxygens (including phenoxy) is 1. The maximum absolute atomic E-state index is 5.55. The molecule has 1 atom stereocenters. The van der Waals surface area contributed by atoms with Gasteiger partial charge in [-0.05, 0) is 19.9 Å². The molecule has 1 fully saturated rings. The van der Waals surface area contributed by atoms with E-state index in [1.165, 1.54) is 6.42 Å². The Morgan fingerprint density at radius 1 is 1.71 bits per heavy atom. The number of aromatic nitrogens is 3. The summed E-state index contributed by atoms with van der Waals surface area (Å²) in [5.41, 5.74) is 0. The number of hydrogen-bond donors (Lipinski definition) is 1. The average molecular weight is 196 g/mol. The van der Waals surface area contributed by atoms with Crippen molar-refractivity contribution in [3.8, 4) is 0 Å². The molecule has 0 aliphatic carbocycles. The molecule has 0 spiro atoms. The Kier molecular flexibility index (Phi) is 3.10. The molecule has 1 aromatic heterocycles. The topological polar surface area (TPSA) is 52.0 Å². The molecule has 0 amide bonds. The highest BCUT2D eigenvalue weighted by Gasteiger charge is 2.17. The minimum absolute atomic E-state index is 0.326. The van der Waals surface area contributed by atoms with Crippen molar-refractivity contribution < 1.29 is 4.74 Å². The van der Waals surface area contributed by atoms with Crippen molar-refractivity contribution >= 4 is 0 Å². The van der Waals surface area contributed by atoms with Crippen LogP contribution in [-0.4, -0.2) is 34.5 Å². The van der Waals surface area contributed by atoms with E-state index in [9.17, 15) is 0 Å². The summed E-state index contributed by atoms with van der Waals surface area (Å²) in [7, 11) is 1.91. The molecule has 1 N–H and O–H groups in total. The van der Waals surface area contributed by atoms with Crippen LogP contribution in [0.3, 0.4) is 0 Å². The summed E-state index contributed by atoms with van der Waals surface area (Å²) in [5.74, 6) is 0.975. The molecule has 0 aromatic carbocycles. The Hall–Kier alpha value is -0.940. The first-order valence-corrected chi connectivity index (χ1v) is 5.03. The fraction of sp³-hybridized carbons (Fsp3) is 0.778. The van der Waals surface area contributed by atoms with Gasteiger partial charge in [0.15, 0.2) is 0 Å². The molecule has 2 heterocycles. The van der Waals surface area contributed by atoms with Gasteiger partial charge >= 0.3 is 0 Å². The van der Waals surface area contributed by atoms with Gasteiger partial charge in [0.05, 0.1) is 19.2 Å². The normalized spacial score (nSPS) is 21.6. The van der Waals surface area contributed by atoms with Crippen LogP contribution in [0, 0.1) is 0 Å². The highest BCUT2D eigenvalue weighted by Crippen LogP contribution is 2.13. The second-order valence-corrected chi connectivity index (χ2v) is 3.52. The third-order valence-corrected chi connectivity index (χ3v) is 2.43. The van der Waals surface area contributed by atoms with Crippen LogP contribution in [0.15, 0.2) is 6.33 Å². The molecule has 1 aliphatic rings. The molecule has 1 saturated heterocycles. The molecular weight excluding hydrogens is 180 g/mol. The predicted octanol–water partition coefficient (Wildman–Crippen LogP) is 0.176. The standard InChI is InChI=1S/C9H16N4O/c1-10-5-9-11-7-12-13(9)6-8-3-2-4-14-8/h7-8,10H,2-6H2,1H3. The van der Waals surface area contributed by atoms with Gasteiger partial charge in [-0.15, -0.1) is 0 Å². The first kappa shape index (κ1) is 9.61. The van der Waals surface area contributed by atoms with E-state index >= 15 is 0 Å². The summed E-state index contributed by atoms with van der Waals surface area (Å²) in [6.07, 6.45) is 4.23. The Balaban J connectivity index is 1.96. The summed E-state index contributed by atoms with van der Waals surface area (Å²) < 4.78 is 7.47. The zero-order chi connectivity index (χ0) is 9.80. The van der Waals surface area contributed by atoms with Gasteiger partial charge in [-0.3, -0.25) is 0 Å². The molecule has 0 saturated carbocycles. The average Bonchev–Trinajstić information content (AvgIpc) is 2.80. The molecule has 0 bridgehead atoms. The van der Waals surface area contributed by atoms with E-state index < -0.39 is 0 Å². The highest BCUT2D eigenvalue weighted by molar-refractivity contribution is 4.84. The van der Waals surface area contributed by atoms with E-state index in [0.29, 0.717) is 6.10 Å². The molecule has 5 heteroatoms. The highest BCUT2D eigenvalue weighted by atomic mass is 16.5. The Labute approximate surface area is 83.5 Å². The van der Waals surface area contributed by atoms with Crippen LogP contribution in [0.2, 0.25) is 0 Å². The van der Waals surface area contributed by atoms with E-state index in [4.69, 9.17) is 4.74 Å². The maximum Gasteiger partial charge on any atom is 0.140 e. The summed E-state index contributed by atoms with van der Waals surface area (Å²) in [6, 6.07) is 0. The van der Waals surface area contributed by atoms with E-state index in [1.807, 2.05) is 11.7 Å². The van der Waals surface area contributed by atoms with Gasteiger partial charge < -0.3 is 10.1 Å². The van der Waals surface area contributed by atoms with Crippen LogP contribution in [0.25, 0.3) is 0 Å². The predicted molar refractivity (Wildman–Crippen MR) is 51.8 cm³/mol. The summed E-state index contributed by atoms with van der Waals surface area (Å²) in [5, 5.41) is 7.26. The van der Waals surface area contributed by atoms with Crippen molar-refractivity contribution in [2.75, 3.05) is 13.7 Å². The largest absolute Gasteiger partial charge is 0.376 e. The summed E-state index contributed by atoms with van der Waals surface area (Å²) >= 11 is 0. The molecule has 2 rings (SSSR count). The van der Waals surface area contributed by atoms with Gasteiger partial charge in [-0.1, -0.05) is 0 Å². The first-order valence-electron chi connectivity index (χ1n) is 5.03. The molecule has 5 nitrogen and oxygen atoms in total. The van der Waals surface area contributed by atoms with E-state index in [-0.39, 0.29) is 0 Å². The molecule has 1 aromatic rings. The number of nitrogens with zero attached hydrogens (tertiary/aromatic N) is 3. The van der Waals surface area contributed by atoms with Crippen molar-refractivity contribution in [2.45, 2.75) is 32.0 Å². The Morgan fingerprint density at radius 2 is 2.64 bits per heavy atom. The molecular formula is C9H16N4O. The molecule has 0 radical (unpaired) electrons. The number of rotatable bonds is 4. The molecule has 1 aliphatic heterocycles.